The normalized spacial score (nSPS) is 25.5. The smallest absolute Gasteiger partial charge is 0.170 e. The van der Waals surface area contributed by atoms with Gasteiger partial charge < -0.3 is 15.7 Å². The van der Waals surface area contributed by atoms with Crippen molar-refractivity contribution in [2.75, 3.05) is 13.1 Å². The molecule has 3 N–H and O–H groups in total. The fraction of sp³-hybridized carbons (Fsp3) is 0.500. The third-order valence-electron chi connectivity index (χ3n) is 3.26. The zero-order chi connectivity index (χ0) is 13.8. The van der Waals surface area contributed by atoms with Crippen molar-refractivity contribution in [3.8, 4) is 0 Å². The van der Waals surface area contributed by atoms with E-state index in [2.05, 4.69) is 23.9 Å². The number of ether oxygens (including phenoxy) is 1. The van der Waals surface area contributed by atoms with Crippen LogP contribution >= 0.6 is 0 Å². The van der Waals surface area contributed by atoms with Crippen molar-refractivity contribution in [2.45, 2.75) is 32.6 Å². The van der Waals surface area contributed by atoms with E-state index in [0.29, 0.717) is 0 Å². The highest BCUT2D eigenvalue weighted by Gasteiger charge is 2.21. The topological polar surface area (TPSA) is 71.1 Å². The number of rotatable bonds is 3. The number of hydrogen-bond donors (Lipinski definition) is 2. The fourth-order valence-electron chi connectivity index (χ4n) is 2.51. The second kappa shape index (κ2) is 6.04. The molecular formula is C14H21N3O2. The lowest BCUT2D eigenvalue weighted by Gasteiger charge is -2.35. The first-order valence-electron chi connectivity index (χ1n) is 6.53. The van der Waals surface area contributed by atoms with Gasteiger partial charge in [0.25, 0.3) is 0 Å². The molecule has 2 rings (SSSR count). The third-order valence-corrected chi connectivity index (χ3v) is 3.26. The molecule has 5 heteroatoms. The van der Waals surface area contributed by atoms with Gasteiger partial charge in [0.05, 0.1) is 12.2 Å². The summed E-state index contributed by atoms with van der Waals surface area (Å²) in [5.74, 6) is 0.139. The summed E-state index contributed by atoms with van der Waals surface area (Å²) in [6, 6.07) is 7.77. The Morgan fingerprint density at radius 3 is 2.42 bits per heavy atom. The fourth-order valence-corrected chi connectivity index (χ4v) is 2.51. The maximum atomic E-state index is 8.62. The van der Waals surface area contributed by atoms with Crippen molar-refractivity contribution in [1.82, 2.24) is 4.90 Å². The summed E-state index contributed by atoms with van der Waals surface area (Å²) in [6.07, 6.45) is 0.556. The first-order valence-corrected chi connectivity index (χ1v) is 6.53. The van der Waals surface area contributed by atoms with Crippen molar-refractivity contribution in [1.29, 1.82) is 0 Å². The Balaban J connectivity index is 1.99. The summed E-state index contributed by atoms with van der Waals surface area (Å²) in [5.41, 5.74) is 7.49. The lowest BCUT2D eigenvalue weighted by molar-refractivity contribution is -0.0704. The van der Waals surface area contributed by atoms with E-state index in [0.717, 1.165) is 25.2 Å². The molecule has 1 aromatic rings. The Kier molecular flexibility index (Phi) is 4.39. The van der Waals surface area contributed by atoms with Crippen molar-refractivity contribution < 1.29 is 9.94 Å². The summed E-state index contributed by atoms with van der Waals surface area (Å²) in [7, 11) is 0. The van der Waals surface area contributed by atoms with E-state index in [9.17, 15) is 0 Å². The van der Waals surface area contributed by atoms with E-state index in [1.165, 1.54) is 5.56 Å². The minimum absolute atomic E-state index is 0.139. The zero-order valence-electron chi connectivity index (χ0n) is 11.4. The number of nitrogens with two attached hydrogens (primary N) is 1. The maximum absolute atomic E-state index is 8.62. The Hall–Kier alpha value is -1.59. The number of nitrogens with zero attached hydrogens (tertiary/aromatic N) is 2. The molecular weight excluding hydrogens is 242 g/mol. The van der Waals surface area contributed by atoms with Gasteiger partial charge in [-0.3, -0.25) is 4.90 Å². The van der Waals surface area contributed by atoms with Crippen molar-refractivity contribution in [3.63, 3.8) is 0 Å². The molecule has 0 unspecified atom stereocenters. The second-order valence-electron chi connectivity index (χ2n) is 5.13. The molecule has 0 aromatic heterocycles. The second-order valence-corrected chi connectivity index (χ2v) is 5.13. The number of morpholine rings is 1. The minimum atomic E-state index is 0.139. The molecule has 2 atom stereocenters. The molecule has 0 bridgehead atoms. The van der Waals surface area contributed by atoms with Crippen LogP contribution in [-0.2, 0) is 11.3 Å². The van der Waals surface area contributed by atoms with Crippen LogP contribution in [0.25, 0.3) is 0 Å². The first kappa shape index (κ1) is 13.8. The van der Waals surface area contributed by atoms with Gasteiger partial charge in [0.15, 0.2) is 5.84 Å². The third kappa shape index (κ3) is 3.68. The number of hydrogen-bond acceptors (Lipinski definition) is 4. The molecule has 0 saturated carbocycles. The van der Waals surface area contributed by atoms with Gasteiger partial charge in [-0.1, -0.05) is 29.4 Å². The predicted molar refractivity (Wildman–Crippen MR) is 74.2 cm³/mol. The maximum Gasteiger partial charge on any atom is 0.170 e. The van der Waals surface area contributed by atoms with Crippen molar-refractivity contribution in [2.24, 2.45) is 10.9 Å². The molecule has 1 fully saturated rings. The highest BCUT2D eigenvalue weighted by molar-refractivity contribution is 5.96. The van der Waals surface area contributed by atoms with E-state index in [1.54, 1.807) is 0 Å². The largest absolute Gasteiger partial charge is 0.409 e. The van der Waals surface area contributed by atoms with E-state index >= 15 is 0 Å². The molecule has 1 saturated heterocycles. The quantitative estimate of drug-likeness (QED) is 0.374. The van der Waals surface area contributed by atoms with Crippen LogP contribution in [0.15, 0.2) is 29.4 Å². The van der Waals surface area contributed by atoms with Crippen LogP contribution in [0.3, 0.4) is 0 Å². The molecule has 0 spiro atoms. The van der Waals surface area contributed by atoms with Crippen LogP contribution in [0.1, 0.15) is 25.0 Å². The number of amidine groups is 1. The van der Waals surface area contributed by atoms with Crippen LogP contribution in [-0.4, -0.2) is 41.2 Å². The van der Waals surface area contributed by atoms with Gasteiger partial charge in [0.2, 0.25) is 0 Å². The standard InChI is InChI=1S/C14H21N3O2/c1-10-7-17(8-11(2)19-10)9-12-3-5-13(6-4-12)14(15)16-18/h3-6,10-11,18H,7-9H2,1-2H3,(H2,15,16)/t10-,11+. The highest BCUT2D eigenvalue weighted by atomic mass is 16.5. The van der Waals surface area contributed by atoms with Gasteiger partial charge >= 0.3 is 0 Å². The van der Waals surface area contributed by atoms with Crippen LogP contribution in [0.4, 0.5) is 0 Å². The SMILES string of the molecule is C[C@@H]1CN(Cc2ccc(/C(N)=N/O)cc2)C[C@H](C)O1. The zero-order valence-corrected chi connectivity index (χ0v) is 11.4. The van der Waals surface area contributed by atoms with Crippen molar-refractivity contribution in [3.05, 3.63) is 35.4 Å². The van der Waals surface area contributed by atoms with E-state index in [1.807, 2.05) is 24.3 Å². The van der Waals surface area contributed by atoms with Crippen LogP contribution in [0.2, 0.25) is 0 Å². The van der Waals surface area contributed by atoms with Gasteiger partial charge in [0.1, 0.15) is 0 Å². The lowest BCUT2D eigenvalue weighted by atomic mass is 10.1. The summed E-state index contributed by atoms with van der Waals surface area (Å²) in [5, 5.41) is 11.6. The summed E-state index contributed by atoms with van der Waals surface area (Å²) >= 11 is 0. The average molecular weight is 263 g/mol. The number of benzene rings is 1. The molecule has 0 amide bonds. The van der Waals surface area contributed by atoms with Gasteiger partial charge in [0, 0.05) is 25.2 Å². The molecule has 1 heterocycles. The van der Waals surface area contributed by atoms with E-state index in [-0.39, 0.29) is 18.0 Å². The Morgan fingerprint density at radius 1 is 1.32 bits per heavy atom. The minimum Gasteiger partial charge on any atom is -0.409 e. The molecule has 1 aromatic carbocycles. The molecule has 0 radical (unpaired) electrons. The van der Waals surface area contributed by atoms with Crippen LogP contribution in [0.5, 0.6) is 0 Å². The summed E-state index contributed by atoms with van der Waals surface area (Å²) in [6.45, 7) is 7.00. The molecule has 19 heavy (non-hydrogen) atoms. The molecule has 1 aliphatic heterocycles. The molecule has 0 aliphatic carbocycles. The molecule has 5 nitrogen and oxygen atoms in total. The average Bonchev–Trinajstić information content (AvgIpc) is 2.37. The van der Waals surface area contributed by atoms with Gasteiger partial charge in [-0.2, -0.15) is 0 Å². The molecule has 104 valence electrons. The predicted octanol–water partition coefficient (Wildman–Crippen LogP) is 1.39. The van der Waals surface area contributed by atoms with E-state index in [4.69, 9.17) is 15.7 Å². The van der Waals surface area contributed by atoms with Crippen molar-refractivity contribution >= 4 is 5.84 Å². The number of oxime groups is 1. The van der Waals surface area contributed by atoms with Gasteiger partial charge in [-0.05, 0) is 19.4 Å². The van der Waals surface area contributed by atoms with Crippen LogP contribution in [0, 0.1) is 0 Å². The van der Waals surface area contributed by atoms with Crippen LogP contribution < -0.4 is 5.73 Å². The first-order chi connectivity index (χ1) is 9.08. The highest BCUT2D eigenvalue weighted by Crippen LogP contribution is 2.14. The Labute approximate surface area is 113 Å². The monoisotopic (exact) mass is 263 g/mol. The van der Waals surface area contributed by atoms with Gasteiger partial charge in [-0.25, -0.2) is 0 Å². The van der Waals surface area contributed by atoms with Gasteiger partial charge in [-0.15, -0.1) is 0 Å². The molecule has 1 aliphatic rings. The Morgan fingerprint density at radius 2 is 1.89 bits per heavy atom. The summed E-state index contributed by atoms with van der Waals surface area (Å²) in [4.78, 5) is 2.39. The lowest BCUT2D eigenvalue weighted by Crippen LogP contribution is -2.44. The van der Waals surface area contributed by atoms with E-state index < -0.39 is 0 Å². The Bertz CT molecular complexity index is 435. The summed E-state index contributed by atoms with van der Waals surface area (Å²) < 4.78 is 5.72.